The molecule has 0 saturated carbocycles. The van der Waals surface area contributed by atoms with E-state index < -0.39 is 0 Å². The number of rotatable bonds is 3. The first-order valence-electron chi connectivity index (χ1n) is 7.68. The predicted octanol–water partition coefficient (Wildman–Crippen LogP) is 3.40. The molecule has 106 valence electrons. The lowest BCUT2D eigenvalue weighted by molar-refractivity contribution is 0.166. The molecule has 1 heterocycles. The zero-order valence-electron chi connectivity index (χ0n) is 12.3. The van der Waals surface area contributed by atoms with Crippen LogP contribution in [-0.4, -0.2) is 24.0 Å². The first-order valence-corrected chi connectivity index (χ1v) is 7.68. The number of nitrogens with two attached hydrogens (primary N) is 1. The molecule has 3 rings (SSSR count). The highest BCUT2D eigenvalue weighted by Crippen LogP contribution is 2.22. The molecule has 20 heavy (non-hydrogen) atoms. The van der Waals surface area contributed by atoms with E-state index in [-0.39, 0.29) is 0 Å². The summed E-state index contributed by atoms with van der Waals surface area (Å²) in [5, 5.41) is 2.67. The van der Waals surface area contributed by atoms with E-state index in [1.165, 1.54) is 42.3 Å². The highest BCUT2D eigenvalue weighted by Gasteiger charge is 2.21. The molecule has 1 fully saturated rings. The van der Waals surface area contributed by atoms with Gasteiger partial charge >= 0.3 is 0 Å². The normalized spacial score (nSPS) is 19.3. The number of hydrogen-bond acceptors (Lipinski definition) is 2. The third kappa shape index (κ3) is 3.02. The van der Waals surface area contributed by atoms with Gasteiger partial charge in [0.25, 0.3) is 0 Å². The molecule has 1 aliphatic heterocycles. The molecule has 1 saturated heterocycles. The Morgan fingerprint density at radius 3 is 2.50 bits per heavy atom. The van der Waals surface area contributed by atoms with E-state index in [2.05, 4.69) is 54.3 Å². The van der Waals surface area contributed by atoms with Crippen LogP contribution in [0.1, 0.15) is 25.3 Å². The standard InChI is InChI=1S/C18H24N2/c1-14(19)16-8-10-20(11-9-16)13-15-6-7-17-4-2-3-5-18(17)12-15/h2-7,12,14,16H,8-11,13,19H2,1H3. The maximum atomic E-state index is 6.01. The highest BCUT2D eigenvalue weighted by atomic mass is 15.1. The number of hydrogen-bond donors (Lipinski definition) is 1. The third-order valence-electron chi connectivity index (χ3n) is 4.60. The van der Waals surface area contributed by atoms with Crippen LogP contribution in [0.5, 0.6) is 0 Å². The molecule has 1 unspecified atom stereocenters. The van der Waals surface area contributed by atoms with Crippen molar-refractivity contribution in [1.82, 2.24) is 4.90 Å². The first kappa shape index (κ1) is 13.6. The van der Waals surface area contributed by atoms with Gasteiger partial charge in [-0.3, -0.25) is 4.90 Å². The molecule has 1 aliphatic rings. The van der Waals surface area contributed by atoms with Crippen LogP contribution in [0.4, 0.5) is 0 Å². The second-order valence-electron chi connectivity index (χ2n) is 6.15. The third-order valence-corrected chi connectivity index (χ3v) is 4.60. The second-order valence-corrected chi connectivity index (χ2v) is 6.15. The van der Waals surface area contributed by atoms with Gasteiger partial charge in [-0.2, -0.15) is 0 Å². The Balaban J connectivity index is 1.65. The molecule has 0 bridgehead atoms. The average molecular weight is 268 g/mol. The van der Waals surface area contributed by atoms with Crippen LogP contribution in [-0.2, 0) is 6.54 Å². The van der Waals surface area contributed by atoms with Crippen molar-refractivity contribution >= 4 is 10.8 Å². The Kier molecular flexibility index (Phi) is 4.04. The highest BCUT2D eigenvalue weighted by molar-refractivity contribution is 5.82. The SMILES string of the molecule is CC(N)C1CCN(Cc2ccc3ccccc3c2)CC1. The van der Waals surface area contributed by atoms with Gasteiger partial charge in [0, 0.05) is 12.6 Å². The molecular weight excluding hydrogens is 244 g/mol. The molecule has 0 aliphatic carbocycles. The summed E-state index contributed by atoms with van der Waals surface area (Å²) in [7, 11) is 0. The minimum atomic E-state index is 0.345. The molecule has 0 amide bonds. The van der Waals surface area contributed by atoms with Crippen molar-refractivity contribution in [2.24, 2.45) is 11.7 Å². The van der Waals surface area contributed by atoms with Crippen LogP contribution in [0.25, 0.3) is 10.8 Å². The molecular formula is C18H24N2. The van der Waals surface area contributed by atoms with Gasteiger partial charge in [0.15, 0.2) is 0 Å². The monoisotopic (exact) mass is 268 g/mol. The molecule has 2 N–H and O–H groups in total. The largest absolute Gasteiger partial charge is 0.328 e. The number of benzene rings is 2. The topological polar surface area (TPSA) is 29.3 Å². The van der Waals surface area contributed by atoms with Gasteiger partial charge in [-0.15, -0.1) is 0 Å². The van der Waals surface area contributed by atoms with Gasteiger partial charge in [-0.05, 0) is 61.2 Å². The lowest BCUT2D eigenvalue weighted by Crippen LogP contribution is -2.39. The van der Waals surface area contributed by atoms with E-state index in [1.54, 1.807) is 0 Å². The summed E-state index contributed by atoms with van der Waals surface area (Å²) < 4.78 is 0. The molecule has 2 heteroatoms. The Morgan fingerprint density at radius 2 is 1.80 bits per heavy atom. The van der Waals surface area contributed by atoms with Crippen LogP contribution in [0.3, 0.4) is 0 Å². The lowest BCUT2D eigenvalue weighted by atomic mass is 9.91. The van der Waals surface area contributed by atoms with Crippen LogP contribution >= 0.6 is 0 Å². The molecule has 0 aromatic heterocycles. The quantitative estimate of drug-likeness (QED) is 0.924. The minimum Gasteiger partial charge on any atom is -0.328 e. The van der Waals surface area contributed by atoms with Gasteiger partial charge in [0.2, 0.25) is 0 Å². The summed E-state index contributed by atoms with van der Waals surface area (Å²) in [6.07, 6.45) is 2.48. The molecule has 0 spiro atoms. The van der Waals surface area contributed by atoms with Gasteiger partial charge < -0.3 is 5.73 Å². The van der Waals surface area contributed by atoms with Gasteiger partial charge in [-0.25, -0.2) is 0 Å². The minimum absolute atomic E-state index is 0.345. The van der Waals surface area contributed by atoms with Crippen LogP contribution in [0.2, 0.25) is 0 Å². The Morgan fingerprint density at radius 1 is 1.10 bits per heavy atom. The maximum Gasteiger partial charge on any atom is 0.0233 e. The summed E-state index contributed by atoms with van der Waals surface area (Å²) in [5.74, 6) is 0.711. The summed E-state index contributed by atoms with van der Waals surface area (Å²) in [6, 6.07) is 15.7. The van der Waals surface area contributed by atoms with Crippen molar-refractivity contribution in [1.29, 1.82) is 0 Å². The number of likely N-dealkylation sites (tertiary alicyclic amines) is 1. The summed E-state index contributed by atoms with van der Waals surface area (Å²) >= 11 is 0. The van der Waals surface area contributed by atoms with Crippen LogP contribution in [0.15, 0.2) is 42.5 Å². The van der Waals surface area contributed by atoms with E-state index in [1.807, 2.05) is 0 Å². The molecule has 2 nitrogen and oxygen atoms in total. The fourth-order valence-electron chi connectivity index (χ4n) is 3.23. The fraction of sp³-hybridized carbons (Fsp3) is 0.444. The molecule has 2 aromatic rings. The lowest BCUT2D eigenvalue weighted by Gasteiger charge is -2.33. The summed E-state index contributed by atoms with van der Waals surface area (Å²) in [5.41, 5.74) is 7.43. The molecule has 2 aromatic carbocycles. The average Bonchev–Trinajstić information content (AvgIpc) is 2.48. The fourth-order valence-corrected chi connectivity index (χ4v) is 3.23. The predicted molar refractivity (Wildman–Crippen MR) is 85.6 cm³/mol. The molecule has 0 radical (unpaired) electrons. The maximum absolute atomic E-state index is 6.01. The van der Waals surface area contributed by atoms with Crippen molar-refractivity contribution < 1.29 is 0 Å². The van der Waals surface area contributed by atoms with Crippen LogP contribution < -0.4 is 5.73 Å². The number of nitrogens with zero attached hydrogens (tertiary/aromatic N) is 1. The smallest absolute Gasteiger partial charge is 0.0233 e. The van der Waals surface area contributed by atoms with Crippen molar-refractivity contribution in [3.8, 4) is 0 Å². The van der Waals surface area contributed by atoms with E-state index >= 15 is 0 Å². The zero-order chi connectivity index (χ0) is 13.9. The van der Waals surface area contributed by atoms with E-state index in [9.17, 15) is 0 Å². The van der Waals surface area contributed by atoms with E-state index in [0.717, 1.165) is 6.54 Å². The molecule has 1 atom stereocenters. The zero-order valence-corrected chi connectivity index (χ0v) is 12.3. The number of fused-ring (bicyclic) bond motifs is 1. The van der Waals surface area contributed by atoms with Crippen molar-refractivity contribution in [2.45, 2.75) is 32.4 Å². The van der Waals surface area contributed by atoms with E-state index in [0.29, 0.717) is 12.0 Å². The Hall–Kier alpha value is -1.38. The summed E-state index contributed by atoms with van der Waals surface area (Å²) in [6.45, 7) is 5.57. The van der Waals surface area contributed by atoms with Gasteiger partial charge in [-0.1, -0.05) is 36.4 Å². The number of piperidine rings is 1. The second kappa shape index (κ2) is 5.94. The van der Waals surface area contributed by atoms with Crippen molar-refractivity contribution in [3.63, 3.8) is 0 Å². The first-order chi connectivity index (χ1) is 9.72. The van der Waals surface area contributed by atoms with Crippen molar-refractivity contribution in [2.75, 3.05) is 13.1 Å². The Bertz CT molecular complexity index is 568. The summed E-state index contributed by atoms with van der Waals surface area (Å²) in [4.78, 5) is 2.56. The van der Waals surface area contributed by atoms with Gasteiger partial charge in [0.1, 0.15) is 0 Å². The van der Waals surface area contributed by atoms with E-state index in [4.69, 9.17) is 5.73 Å². The van der Waals surface area contributed by atoms with Crippen LogP contribution in [0, 0.1) is 5.92 Å². The van der Waals surface area contributed by atoms with Crippen molar-refractivity contribution in [3.05, 3.63) is 48.0 Å². The van der Waals surface area contributed by atoms with Gasteiger partial charge in [0.05, 0.1) is 0 Å². The Labute approximate surface area is 121 Å².